The molecule has 0 atom stereocenters. The third kappa shape index (κ3) is 7.90. The molecule has 1 heterocycles. The number of aromatic nitrogens is 2. The number of hydrogen-bond donors (Lipinski definition) is 2. The van der Waals surface area contributed by atoms with Crippen molar-refractivity contribution in [1.82, 2.24) is 20.4 Å². The summed E-state index contributed by atoms with van der Waals surface area (Å²) in [6, 6.07) is 7.42. The van der Waals surface area contributed by atoms with Crippen LogP contribution in [0.5, 0.6) is 0 Å². The highest BCUT2D eigenvalue weighted by Crippen LogP contribution is 2.22. The van der Waals surface area contributed by atoms with Gasteiger partial charge in [-0.25, -0.2) is 14.3 Å². The van der Waals surface area contributed by atoms with Crippen LogP contribution in [-0.4, -0.2) is 40.8 Å². The van der Waals surface area contributed by atoms with Crippen molar-refractivity contribution in [2.75, 3.05) is 13.2 Å². The molecule has 1 aromatic carbocycles. The molecule has 1 aromatic heterocycles. The van der Waals surface area contributed by atoms with Gasteiger partial charge in [0.2, 0.25) is 0 Å². The second-order valence-electron chi connectivity index (χ2n) is 7.03. The fourth-order valence-corrected chi connectivity index (χ4v) is 2.95. The number of nitrogens with one attached hydrogen (secondary N) is 2. The average Bonchev–Trinajstić information content (AvgIpc) is 2.99. The minimum Gasteiger partial charge on any atom is -0.452 e. The Kier molecular flexibility index (Phi) is 9.27. The summed E-state index contributed by atoms with van der Waals surface area (Å²) >= 11 is 6.42. The molecule has 0 aliphatic heterocycles. The van der Waals surface area contributed by atoms with Gasteiger partial charge in [-0.2, -0.15) is 5.10 Å². The van der Waals surface area contributed by atoms with E-state index in [1.807, 2.05) is 38.1 Å². The number of nitrogens with zero attached hydrogens (tertiary/aromatic N) is 2. The molecule has 0 aliphatic rings. The van der Waals surface area contributed by atoms with Crippen molar-refractivity contribution in [2.24, 2.45) is 0 Å². The highest BCUT2D eigenvalue weighted by Gasteiger charge is 2.13. The molecule has 166 valence electrons. The van der Waals surface area contributed by atoms with Crippen molar-refractivity contribution in [3.8, 4) is 0 Å². The van der Waals surface area contributed by atoms with Crippen LogP contribution < -0.4 is 10.6 Å². The number of carbonyl (C=O) groups is 3. The predicted molar refractivity (Wildman–Crippen MR) is 119 cm³/mol. The smallest absolute Gasteiger partial charge is 0.331 e. The first-order valence-corrected chi connectivity index (χ1v) is 10.4. The molecule has 2 aromatic rings. The summed E-state index contributed by atoms with van der Waals surface area (Å²) in [6.07, 6.45) is 4.40. The van der Waals surface area contributed by atoms with E-state index in [9.17, 15) is 14.4 Å². The Balaban J connectivity index is 1.87. The van der Waals surface area contributed by atoms with Crippen LogP contribution in [0.3, 0.4) is 0 Å². The maximum atomic E-state index is 11.9. The van der Waals surface area contributed by atoms with Gasteiger partial charge in [-0.1, -0.05) is 54.8 Å². The lowest BCUT2D eigenvalue weighted by molar-refractivity contribution is -0.143. The van der Waals surface area contributed by atoms with Crippen molar-refractivity contribution in [3.63, 3.8) is 0 Å². The van der Waals surface area contributed by atoms with E-state index < -0.39 is 24.5 Å². The zero-order chi connectivity index (χ0) is 22.8. The number of amides is 3. The Morgan fingerprint density at radius 2 is 1.90 bits per heavy atom. The second kappa shape index (κ2) is 11.9. The van der Waals surface area contributed by atoms with Crippen molar-refractivity contribution >= 4 is 35.6 Å². The van der Waals surface area contributed by atoms with Crippen molar-refractivity contribution < 1.29 is 19.1 Å². The number of ether oxygens (including phenoxy) is 1. The van der Waals surface area contributed by atoms with Gasteiger partial charge in [0.1, 0.15) is 5.15 Å². The Hall–Kier alpha value is -3.13. The molecule has 0 radical (unpaired) electrons. The van der Waals surface area contributed by atoms with Gasteiger partial charge in [-0.05, 0) is 31.9 Å². The lowest BCUT2D eigenvalue weighted by atomic mass is 10.1. The van der Waals surface area contributed by atoms with Gasteiger partial charge in [-0.15, -0.1) is 0 Å². The Bertz CT molecular complexity index is 951. The summed E-state index contributed by atoms with van der Waals surface area (Å²) in [5.41, 5.74) is 3.46. The van der Waals surface area contributed by atoms with E-state index in [0.29, 0.717) is 29.5 Å². The predicted octanol–water partition coefficient (Wildman–Crippen LogP) is 3.38. The first kappa shape index (κ1) is 24.1. The van der Waals surface area contributed by atoms with Crippen LogP contribution in [0.25, 0.3) is 6.08 Å². The van der Waals surface area contributed by atoms with Crippen LogP contribution in [0.1, 0.15) is 42.1 Å². The molecule has 3 amide bonds. The number of benzene rings is 1. The number of aryl methyl sites for hydroxylation is 2. The zero-order valence-electron chi connectivity index (χ0n) is 17.9. The maximum Gasteiger partial charge on any atom is 0.331 e. The summed E-state index contributed by atoms with van der Waals surface area (Å²) in [5.74, 6) is -1.45. The molecule has 9 heteroatoms. The first-order valence-electron chi connectivity index (χ1n) is 10.0. The Labute approximate surface area is 186 Å². The summed E-state index contributed by atoms with van der Waals surface area (Å²) in [6.45, 7) is 6.19. The molecular formula is C22H27ClN4O4. The molecule has 0 aliphatic carbocycles. The molecule has 2 N–H and O–H groups in total. The molecule has 0 unspecified atom stereocenters. The van der Waals surface area contributed by atoms with Gasteiger partial charge in [-0.3, -0.25) is 10.1 Å². The summed E-state index contributed by atoms with van der Waals surface area (Å²) in [5, 5.41) is 9.43. The van der Waals surface area contributed by atoms with Crippen LogP contribution in [-0.2, 0) is 20.9 Å². The zero-order valence-corrected chi connectivity index (χ0v) is 18.7. The highest BCUT2D eigenvalue weighted by molar-refractivity contribution is 6.31. The molecule has 0 bridgehead atoms. The van der Waals surface area contributed by atoms with Crippen LogP contribution in [0.4, 0.5) is 4.79 Å². The maximum absolute atomic E-state index is 11.9. The second-order valence-corrected chi connectivity index (χ2v) is 7.39. The van der Waals surface area contributed by atoms with Gasteiger partial charge >= 0.3 is 12.0 Å². The van der Waals surface area contributed by atoms with E-state index in [1.165, 1.54) is 17.7 Å². The Morgan fingerprint density at radius 1 is 1.19 bits per heavy atom. The van der Waals surface area contributed by atoms with Gasteiger partial charge in [0.25, 0.3) is 5.91 Å². The van der Waals surface area contributed by atoms with Crippen LogP contribution in [0, 0.1) is 13.8 Å². The topological polar surface area (TPSA) is 102 Å². The molecular weight excluding hydrogens is 420 g/mol. The van der Waals surface area contributed by atoms with Crippen molar-refractivity contribution in [3.05, 3.63) is 57.9 Å². The van der Waals surface area contributed by atoms with E-state index in [4.69, 9.17) is 16.3 Å². The SMILES string of the molecule is CCCCNC(=O)NC(=O)COC(=O)/C=C/c1c(C)nn(Cc2ccc(C)cc2)c1Cl. The molecule has 0 saturated heterocycles. The van der Waals surface area contributed by atoms with Gasteiger partial charge < -0.3 is 10.1 Å². The van der Waals surface area contributed by atoms with Gasteiger partial charge in [0.15, 0.2) is 6.61 Å². The van der Waals surface area contributed by atoms with Crippen molar-refractivity contribution in [1.29, 1.82) is 0 Å². The molecule has 0 spiro atoms. The van der Waals surface area contributed by atoms with Gasteiger partial charge in [0, 0.05) is 18.2 Å². The third-order valence-electron chi connectivity index (χ3n) is 4.36. The number of rotatable bonds is 9. The number of esters is 1. The normalized spacial score (nSPS) is 10.8. The van der Waals surface area contributed by atoms with E-state index in [-0.39, 0.29) is 0 Å². The van der Waals surface area contributed by atoms with Crippen molar-refractivity contribution in [2.45, 2.75) is 40.2 Å². The third-order valence-corrected chi connectivity index (χ3v) is 4.76. The minimum absolute atomic E-state index is 0.392. The summed E-state index contributed by atoms with van der Waals surface area (Å²) < 4.78 is 6.51. The molecule has 31 heavy (non-hydrogen) atoms. The average molecular weight is 447 g/mol. The molecule has 8 nitrogen and oxygen atoms in total. The van der Waals surface area contributed by atoms with Crippen LogP contribution in [0.15, 0.2) is 30.3 Å². The number of carbonyl (C=O) groups excluding carboxylic acids is 3. The lowest BCUT2D eigenvalue weighted by Crippen LogP contribution is -2.41. The number of halogens is 1. The number of imide groups is 1. The largest absolute Gasteiger partial charge is 0.452 e. The molecule has 0 saturated carbocycles. The highest BCUT2D eigenvalue weighted by atomic mass is 35.5. The number of unbranched alkanes of at least 4 members (excludes halogenated alkanes) is 1. The van der Waals surface area contributed by atoms with Crippen LogP contribution in [0.2, 0.25) is 5.15 Å². The fraction of sp³-hybridized carbons (Fsp3) is 0.364. The quantitative estimate of drug-likeness (QED) is 0.349. The summed E-state index contributed by atoms with van der Waals surface area (Å²) in [7, 11) is 0. The number of urea groups is 1. The standard InChI is InChI=1S/C22H27ClN4O4/c1-4-5-12-24-22(30)25-19(28)14-31-20(29)11-10-18-16(3)26-27(21(18)23)13-17-8-6-15(2)7-9-17/h6-11H,4-5,12-14H2,1-3H3,(H2,24,25,28,30)/b11-10+. The van der Waals surface area contributed by atoms with Crippen LogP contribution >= 0.6 is 11.6 Å². The van der Waals surface area contributed by atoms with E-state index in [1.54, 1.807) is 11.6 Å². The number of hydrogen-bond acceptors (Lipinski definition) is 5. The van der Waals surface area contributed by atoms with E-state index in [0.717, 1.165) is 18.4 Å². The van der Waals surface area contributed by atoms with E-state index in [2.05, 4.69) is 15.7 Å². The fourth-order valence-electron chi connectivity index (χ4n) is 2.65. The molecule has 0 fully saturated rings. The van der Waals surface area contributed by atoms with E-state index >= 15 is 0 Å². The first-order chi connectivity index (χ1) is 14.8. The molecule has 2 rings (SSSR count). The minimum atomic E-state index is -0.733. The lowest BCUT2D eigenvalue weighted by Gasteiger charge is -2.06. The summed E-state index contributed by atoms with van der Waals surface area (Å²) in [4.78, 5) is 35.1. The Morgan fingerprint density at radius 3 is 2.58 bits per heavy atom. The monoisotopic (exact) mass is 446 g/mol. The van der Waals surface area contributed by atoms with Gasteiger partial charge in [0.05, 0.1) is 12.2 Å².